The molecule has 3 atom stereocenters. The Balaban J connectivity index is 2.17. The second kappa shape index (κ2) is 4.67. The van der Waals surface area contributed by atoms with Crippen LogP contribution in [-0.2, 0) is 0 Å². The van der Waals surface area contributed by atoms with Crippen molar-refractivity contribution < 1.29 is 9.59 Å². The first-order valence-corrected chi connectivity index (χ1v) is 6.40. The van der Waals surface area contributed by atoms with Crippen molar-refractivity contribution in [2.75, 3.05) is 26.2 Å². The van der Waals surface area contributed by atoms with Crippen LogP contribution < -0.4 is 0 Å². The third kappa shape index (κ3) is 1.98. The average molecular weight is 210 g/mol. The molecule has 0 bridgehead atoms. The summed E-state index contributed by atoms with van der Waals surface area (Å²) < 4.78 is 1.23. The van der Waals surface area contributed by atoms with Gasteiger partial charge in [0.15, 0.2) is 0 Å². The third-order valence-corrected chi connectivity index (χ3v) is 4.51. The summed E-state index contributed by atoms with van der Waals surface area (Å²) in [6, 6.07) is 0.718. The van der Waals surface area contributed by atoms with Crippen molar-refractivity contribution in [2.45, 2.75) is 38.1 Å². The molecule has 0 saturated carbocycles. The third-order valence-electron chi connectivity index (χ3n) is 4.51. The van der Waals surface area contributed by atoms with Crippen molar-refractivity contribution in [2.24, 2.45) is 5.92 Å². The molecule has 1 unspecified atom stereocenters. The lowest BCUT2D eigenvalue weighted by Crippen LogP contribution is -2.63. The quantitative estimate of drug-likeness (QED) is 0.557. The molecule has 2 rings (SSSR count). The predicted molar refractivity (Wildman–Crippen MR) is 62.5 cm³/mol. The number of quaternary nitrogens is 1. The van der Waals surface area contributed by atoms with Gasteiger partial charge < -0.3 is 9.59 Å². The van der Waals surface area contributed by atoms with Crippen molar-refractivity contribution in [1.29, 1.82) is 0 Å². The fraction of sp³-hybridized carbons (Fsp3) is 0.846. The van der Waals surface area contributed by atoms with Gasteiger partial charge in [-0.25, -0.2) is 0 Å². The zero-order valence-corrected chi connectivity index (χ0v) is 9.70. The van der Waals surface area contributed by atoms with E-state index in [9.17, 15) is 5.11 Å². The Kier molecular flexibility index (Phi) is 3.47. The summed E-state index contributed by atoms with van der Waals surface area (Å²) >= 11 is 0. The van der Waals surface area contributed by atoms with Gasteiger partial charge in [0.05, 0.1) is 32.3 Å². The average Bonchev–Trinajstić information content (AvgIpc) is 2.28. The van der Waals surface area contributed by atoms with Crippen LogP contribution in [0, 0.1) is 5.92 Å². The van der Waals surface area contributed by atoms with E-state index < -0.39 is 0 Å². The Morgan fingerprint density at radius 2 is 2.00 bits per heavy atom. The van der Waals surface area contributed by atoms with Crippen molar-refractivity contribution in [3.05, 3.63) is 12.7 Å². The van der Waals surface area contributed by atoms with Crippen LogP contribution in [0.15, 0.2) is 12.7 Å². The topological polar surface area (TPSA) is 20.2 Å². The van der Waals surface area contributed by atoms with Crippen molar-refractivity contribution in [3.8, 4) is 0 Å². The Labute approximate surface area is 93.2 Å². The molecule has 2 heterocycles. The number of hydrogen-bond acceptors (Lipinski definition) is 1. The number of nitrogens with zero attached hydrogens (tertiary/aromatic N) is 1. The second-order valence-electron chi connectivity index (χ2n) is 5.29. The molecule has 0 aromatic heterocycles. The molecule has 2 heteroatoms. The monoisotopic (exact) mass is 210 g/mol. The predicted octanol–water partition coefficient (Wildman–Crippen LogP) is 1.94. The van der Waals surface area contributed by atoms with E-state index in [2.05, 4.69) is 12.7 Å². The van der Waals surface area contributed by atoms with E-state index in [1.54, 1.807) is 0 Å². The zero-order valence-electron chi connectivity index (χ0n) is 9.70. The fourth-order valence-electron chi connectivity index (χ4n) is 3.83. The van der Waals surface area contributed by atoms with Gasteiger partial charge >= 0.3 is 0 Å². The minimum Gasteiger partial charge on any atom is -0.396 e. The molecule has 0 aromatic rings. The van der Waals surface area contributed by atoms with Crippen LogP contribution in [0.2, 0.25) is 0 Å². The van der Waals surface area contributed by atoms with Gasteiger partial charge in [-0.05, 0) is 31.8 Å². The van der Waals surface area contributed by atoms with Crippen LogP contribution in [0.25, 0.3) is 0 Å². The van der Waals surface area contributed by atoms with Gasteiger partial charge in [0.2, 0.25) is 0 Å². The van der Waals surface area contributed by atoms with Crippen LogP contribution in [0.3, 0.4) is 0 Å². The Hall–Kier alpha value is -0.340. The number of aliphatic hydroxyl groups is 1. The highest BCUT2D eigenvalue weighted by Gasteiger charge is 2.45. The first-order chi connectivity index (χ1) is 7.32. The van der Waals surface area contributed by atoms with Gasteiger partial charge in [-0.2, -0.15) is 0 Å². The highest BCUT2D eigenvalue weighted by Crippen LogP contribution is 2.37. The molecule has 1 N–H and O–H groups in total. The van der Waals surface area contributed by atoms with Crippen LogP contribution in [0.5, 0.6) is 0 Å². The lowest BCUT2D eigenvalue weighted by atomic mass is 9.81. The lowest BCUT2D eigenvalue weighted by Gasteiger charge is -2.53. The fourth-order valence-corrected chi connectivity index (χ4v) is 3.83. The highest BCUT2D eigenvalue weighted by atomic mass is 16.3. The SMILES string of the molecule is C=CC[N+]12CCCC[C@H]1[C@H](CO)CCC2. The van der Waals surface area contributed by atoms with Gasteiger partial charge in [-0.1, -0.05) is 6.58 Å². The maximum atomic E-state index is 9.48. The molecule has 86 valence electrons. The van der Waals surface area contributed by atoms with Gasteiger partial charge in [0.1, 0.15) is 0 Å². The summed E-state index contributed by atoms with van der Waals surface area (Å²) in [7, 11) is 0. The molecule has 0 radical (unpaired) electrons. The van der Waals surface area contributed by atoms with Crippen LogP contribution in [0.4, 0.5) is 0 Å². The largest absolute Gasteiger partial charge is 0.396 e. The zero-order chi connectivity index (χ0) is 10.7. The number of aliphatic hydroxyl groups excluding tert-OH is 1. The molecule has 2 fully saturated rings. The molecule has 2 nitrogen and oxygen atoms in total. The summed E-state index contributed by atoms with van der Waals surface area (Å²) in [6.45, 7) is 8.04. The van der Waals surface area contributed by atoms with Gasteiger partial charge in [-0.3, -0.25) is 0 Å². The highest BCUT2D eigenvalue weighted by molar-refractivity contribution is 4.81. The molecular formula is C13H24NO+. The van der Waals surface area contributed by atoms with Crippen LogP contribution >= 0.6 is 0 Å². The van der Waals surface area contributed by atoms with Crippen molar-refractivity contribution in [3.63, 3.8) is 0 Å². The minimum atomic E-state index is 0.391. The molecule has 2 aliphatic heterocycles. The van der Waals surface area contributed by atoms with E-state index in [1.165, 1.54) is 49.7 Å². The molecule has 0 aromatic carbocycles. The first kappa shape index (κ1) is 11.2. The van der Waals surface area contributed by atoms with E-state index in [0.717, 1.165) is 12.6 Å². The van der Waals surface area contributed by atoms with Gasteiger partial charge in [0, 0.05) is 12.3 Å². The molecule has 0 spiro atoms. The maximum absolute atomic E-state index is 9.48. The number of rotatable bonds is 3. The molecule has 15 heavy (non-hydrogen) atoms. The molecule has 2 saturated heterocycles. The first-order valence-electron chi connectivity index (χ1n) is 6.40. The normalized spacial score (nSPS) is 40.9. The lowest BCUT2D eigenvalue weighted by molar-refractivity contribution is -0.959. The standard InChI is InChI=1S/C13H24NO/c1-2-8-14-9-4-3-7-13(14)12(11-15)6-5-10-14/h2,12-13,15H,1,3-11H2/q+1/t12-,13-,14?/m0/s1. The van der Waals surface area contributed by atoms with Crippen LogP contribution in [0.1, 0.15) is 32.1 Å². The molecule has 2 aliphatic rings. The van der Waals surface area contributed by atoms with Gasteiger partial charge in [-0.15, -0.1) is 0 Å². The number of hydrogen-bond donors (Lipinski definition) is 1. The second-order valence-corrected chi connectivity index (χ2v) is 5.29. The van der Waals surface area contributed by atoms with Crippen molar-refractivity contribution >= 4 is 0 Å². The summed E-state index contributed by atoms with van der Waals surface area (Å²) in [5, 5.41) is 9.48. The Morgan fingerprint density at radius 1 is 1.20 bits per heavy atom. The number of piperidine rings is 2. The van der Waals surface area contributed by atoms with E-state index in [4.69, 9.17) is 0 Å². The minimum absolute atomic E-state index is 0.391. The van der Waals surface area contributed by atoms with Crippen molar-refractivity contribution in [1.82, 2.24) is 0 Å². The maximum Gasteiger partial charge on any atom is 0.0973 e. The summed E-state index contributed by atoms with van der Waals surface area (Å²) in [5.74, 6) is 0.555. The van der Waals surface area contributed by atoms with E-state index in [0.29, 0.717) is 12.5 Å². The number of fused-ring (bicyclic) bond motifs is 1. The smallest absolute Gasteiger partial charge is 0.0973 e. The van der Waals surface area contributed by atoms with E-state index >= 15 is 0 Å². The van der Waals surface area contributed by atoms with E-state index in [-0.39, 0.29) is 0 Å². The van der Waals surface area contributed by atoms with Gasteiger partial charge in [0.25, 0.3) is 0 Å². The van der Waals surface area contributed by atoms with Crippen LogP contribution in [-0.4, -0.2) is 41.9 Å². The Morgan fingerprint density at radius 3 is 2.73 bits per heavy atom. The summed E-state index contributed by atoms with van der Waals surface area (Å²) in [5.41, 5.74) is 0. The van der Waals surface area contributed by atoms with E-state index in [1.807, 2.05) is 0 Å². The summed E-state index contributed by atoms with van der Waals surface area (Å²) in [4.78, 5) is 0. The molecule has 0 aliphatic carbocycles. The Bertz CT molecular complexity index is 225. The molecule has 0 amide bonds. The summed E-state index contributed by atoms with van der Waals surface area (Å²) in [6.07, 6.45) is 8.64. The molecular weight excluding hydrogens is 186 g/mol.